The van der Waals surface area contributed by atoms with E-state index in [1.54, 1.807) is 6.92 Å². The van der Waals surface area contributed by atoms with E-state index in [0.717, 1.165) is 12.3 Å². The third-order valence-corrected chi connectivity index (χ3v) is 3.67. The van der Waals surface area contributed by atoms with Crippen LogP contribution in [0.25, 0.3) is 0 Å². The lowest BCUT2D eigenvalue weighted by Crippen LogP contribution is -2.30. The second kappa shape index (κ2) is 5.64. The van der Waals surface area contributed by atoms with Gasteiger partial charge in [-0.3, -0.25) is 9.78 Å². The molecular formula is C14H13F3N4O2. The van der Waals surface area contributed by atoms with Crippen molar-refractivity contribution >= 4 is 5.91 Å². The van der Waals surface area contributed by atoms with E-state index in [9.17, 15) is 18.0 Å². The average molecular weight is 326 g/mol. The van der Waals surface area contributed by atoms with Crippen molar-refractivity contribution in [3.8, 4) is 0 Å². The number of hydrogen-bond acceptors (Lipinski definition) is 5. The molecule has 3 heterocycles. The van der Waals surface area contributed by atoms with Crippen molar-refractivity contribution in [2.75, 3.05) is 13.1 Å². The van der Waals surface area contributed by atoms with Crippen LogP contribution in [-0.2, 0) is 6.18 Å². The fraction of sp³-hybridized carbons (Fsp3) is 0.429. The lowest BCUT2D eigenvalue weighted by Gasteiger charge is -2.18. The Hall–Kier alpha value is -2.45. The SMILES string of the molecule is Cc1noc([C@@H]2CCN(C(=O)c3cccnc3C(F)(F)F)C2)n1. The van der Waals surface area contributed by atoms with Crippen LogP contribution >= 0.6 is 0 Å². The van der Waals surface area contributed by atoms with Gasteiger partial charge in [-0.05, 0) is 25.5 Å². The summed E-state index contributed by atoms with van der Waals surface area (Å²) in [5.74, 6) is 0.0340. The molecule has 1 fully saturated rings. The molecular weight excluding hydrogens is 313 g/mol. The third-order valence-electron chi connectivity index (χ3n) is 3.67. The Labute approximate surface area is 129 Å². The zero-order chi connectivity index (χ0) is 16.6. The van der Waals surface area contributed by atoms with Crippen LogP contribution in [0.1, 0.15) is 40.1 Å². The average Bonchev–Trinajstić information content (AvgIpc) is 3.14. The summed E-state index contributed by atoms with van der Waals surface area (Å²) in [6.45, 7) is 2.25. The normalized spacial score (nSPS) is 18.4. The minimum atomic E-state index is -4.67. The van der Waals surface area contributed by atoms with Crippen LogP contribution < -0.4 is 0 Å². The molecule has 1 aliphatic heterocycles. The van der Waals surface area contributed by atoms with Gasteiger partial charge >= 0.3 is 6.18 Å². The van der Waals surface area contributed by atoms with Gasteiger partial charge in [0.05, 0.1) is 11.5 Å². The third kappa shape index (κ3) is 3.03. The summed E-state index contributed by atoms with van der Waals surface area (Å²) < 4.78 is 44.0. The van der Waals surface area contributed by atoms with E-state index in [0.29, 0.717) is 24.7 Å². The fourth-order valence-electron chi connectivity index (χ4n) is 2.60. The minimum absolute atomic E-state index is 0.161. The molecule has 3 rings (SSSR count). The summed E-state index contributed by atoms with van der Waals surface area (Å²) >= 11 is 0. The van der Waals surface area contributed by atoms with E-state index < -0.39 is 23.3 Å². The number of likely N-dealkylation sites (tertiary alicyclic amines) is 1. The number of pyridine rings is 1. The van der Waals surface area contributed by atoms with Crippen molar-refractivity contribution in [2.24, 2.45) is 0 Å². The maximum absolute atomic E-state index is 13.0. The molecule has 6 nitrogen and oxygen atoms in total. The largest absolute Gasteiger partial charge is 0.434 e. The van der Waals surface area contributed by atoms with Gasteiger partial charge in [-0.1, -0.05) is 5.16 Å². The summed E-state index contributed by atoms with van der Waals surface area (Å²) in [7, 11) is 0. The van der Waals surface area contributed by atoms with E-state index >= 15 is 0 Å². The van der Waals surface area contributed by atoms with Gasteiger partial charge in [0, 0.05) is 19.3 Å². The summed E-state index contributed by atoms with van der Waals surface area (Å²) in [6.07, 6.45) is -3.09. The van der Waals surface area contributed by atoms with Gasteiger partial charge in [0.15, 0.2) is 11.5 Å². The van der Waals surface area contributed by atoms with Crippen molar-refractivity contribution in [3.05, 3.63) is 41.3 Å². The van der Waals surface area contributed by atoms with E-state index in [1.165, 1.54) is 11.0 Å². The van der Waals surface area contributed by atoms with Gasteiger partial charge in [0.1, 0.15) is 0 Å². The van der Waals surface area contributed by atoms with Gasteiger partial charge in [-0.15, -0.1) is 0 Å². The molecule has 1 saturated heterocycles. The molecule has 2 aromatic rings. The predicted octanol–water partition coefficient (Wildman–Crippen LogP) is 2.42. The van der Waals surface area contributed by atoms with Crippen LogP contribution in [0.2, 0.25) is 0 Å². The Kier molecular flexibility index (Phi) is 3.78. The number of aryl methyl sites for hydroxylation is 1. The van der Waals surface area contributed by atoms with Crippen LogP contribution in [-0.4, -0.2) is 39.0 Å². The molecule has 1 aliphatic rings. The lowest BCUT2D eigenvalue weighted by atomic mass is 10.1. The highest BCUT2D eigenvalue weighted by Gasteiger charge is 2.39. The summed E-state index contributed by atoms with van der Waals surface area (Å²) in [5, 5.41) is 3.69. The number of amides is 1. The molecule has 1 amide bonds. The van der Waals surface area contributed by atoms with E-state index in [-0.39, 0.29) is 12.5 Å². The molecule has 1 atom stereocenters. The molecule has 122 valence electrons. The van der Waals surface area contributed by atoms with Crippen molar-refractivity contribution in [3.63, 3.8) is 0 Å². The Morgan fingerprint density at radius 2 is 2.22 bits per heavy atom. The van der Waals surface area contributed by atoms with Crippen molar-refractivity contribution in [1.29, 1.82) is 0 Å². The monoisotopic (exact) mass is 326 g/mol. The zero-order valence-corrected chi connectivity index (χ0v) is 12.2. The Balaban J connectivity index is 1.80. The van der Waals surface area contributed by atoms with Crippen LogP contribution in [0.5, 0.6) is 0 Å². The Bertz CT molecular complexity index is 729. The highest BCUT2D eigenvalue weighted by atomic mass is 19.4. The van der Waals surface area contributed by atoms with Crippen LogP contribution in [0.4, 0.5) is 13.2 Å². The van der Waals surface area contributed by atoms with Crippen molar-refractivity contribution in [2.45, 2.75) is 25.4 Å². The van der Waals surface area contributed by atoms with Crippen LogP contribution in [0, 0.1) is 6.92 Å². The smallest absolute Gasteiger partial charge is 0.339 e. The first-order chi connectivity index (χ1) is 10.9. The molecule has 23 heavy (non-hydrogen) atoms. The molecule has 0 radical (unpaired) electrons. The molecule has 9 heteroatoms. The molecule has 2 aromatic heterocycles. The molecule has 0 unspecified atom stereocenters. The first kappa shape index (κ1) is 15.4. The number of carbonyl (C=O) groups excluding carboxylic acids is 1. The van der Waals surface area contributed by atoms with Gasteiger partial charge < -0.3 is 9.42 Å². The van der Waals surface area contributed by atoms with Crippen LogP contribution in [0.15, 0.2) is 22.9 Å². The zero-order valence-electron chi connectivity index (χ0n) is 12.2. The molecule has 0 aliphatic carbocycles. The second-order valence-electron chi connectivity index (χ2n) is 5.31. The number of hydrogen-bond donors (Lipinski definition) is 0. The summed E-state index contributed by atoms with van der Waals surface area (Å²) in [5.41, 5.74) is -1.61. The maximum atomic E-state index is 13.0. The van der Waals surface area contributed by atoms with Gasteiger partial charge in [0.2, 0.25) is 5.89 Å². The lowest BCUT2D eigenvalue weighted by molar-refractivity contribution is -0.141. The molecule has 0 N–H and O–H groups in total. The molecule has 0 bridgehead atoms. The standard InChI is InChI=1S/C14H13F3N4O2/c1-8-19-12(23-20-8)9-4-6-21(7-9)13(22)10-3-2-5-18-11(10)14(15,16)17/h2-3,5,9H,4,6-7H2,1H3/t9-/m1/s1. The fourth-order valence-corrected chi connectivity index (χ4v) is 2.60. The van der Waals surface area contributed by atoms with E-state index in [1.807, 2.05) is 0 Å². The number of rotatable bonds is 2. The number of alkyl halides is 3. The Morgan fingerprint density at radius 1 is 1.43 bits per heavy atom. The quantitative estimate of drug-likeness (QED) is 0.847. The highest BCUT2D eigenvalue weighted by molar-refractivity contribution is 5.95. The summed E-state index contributed by atoms with van der Waals surface area (Å²) in [4.78, 5) is 21.2. The number of aromatic nitrogens is 3. The molecule has 0 aromatic carbocycles. The van der Waals surface area contributed by atoms with Crippen molar-refractivity contribution < 1.29 is 22.5 Å². The van der Waals surface area contributed by atoms with Gasteiger partial charge in [-0.2, -0.15) is 18.2 Å². The highest BCUT2D eigenvalue weighted by Crippen LogP contribution is 2.32. The van der Waals surface area contributed by atoms with Gasteiger partial charge in [0.25, 0.3) is 5.91 Å². The molecule has 0 saturated carbocycles. The topological polar surface area (TPSA) is 72.1 Å². The van der Waals surface area contributed by atoms with E-state index in [4.69, 9.17) is 4.52 Å². The van der Waals surface area contributed by atoms with Gasteiger partial charge in [-0.25, -0.2) is 0 Å². The number of nitrogens with zero attached hydrogens (tertiary/aromatic N) is 4. The molecule has 0 spiro atoms. The number of halogens is 3. The van der Waals surface area contributed by atoms with Crippen LogP contribution in [0.3, 0.4) is 0 Å². The first-order valence-corrected chi connectivity index (χ1v) is 6.98. The maximum Gasteiger partial charge on any atom is 0.434 e. The first-order valence-electron chi connectivity index (χ1n) is 6.98. The summed E-state index contributed by atoms with van der Waals surface area (Å²) in [6, 6.07) is 2.46. The minimum Gasteiger partial charge on any atom is -0.339 e. The van der Waals surface area contributed by atoms with E-state index in [2.05, 4.69) is 15.1 Å². The van der Waals surface area contributed by atoms with Crippen molar-refractivity contribution in [1.82, 2.24) is 20.0 Å². The second-order valence-corrected chi connectivity index (χ2v) is 5.31. The predicted molar refractivity (Wildman–Crippen MR) is 71.5 cm³/mol. The number of carbonyl (C=O) groups is 1. The Morgan fingerprint density at radius 3 is 2.87 bits per heavy atom.